The molecule has 0 atom stereocenters. The van der Waals surface area contributed by atoms with E-state index in [9.17, 15) is 27.6 Å². The zero-order chi connectivity index (χ0) is 24.3. The number of alkyl halides is 3. The van der Waals surface area contributed by atoms with Crippen LogP contribution in [0.4, 0.5) is 13.2 Å². The van der Waals surface area contributed by atoms with Crippen molar-refractivity contribution in [3.05, 3.63) is 63.2 Å². The van der Waals surface area contributed by atoms with E-state index in [4.69, 9.17) is 11.6 Å². The fraction of sp³-hybridized carbons (Fsp3) is 0.250. The van der Waals surface area contributed by atoms with Gasteiger partial charge in [0, 0.05) is 11.6 Å². The average Bonchev–Trinajstić information content (AvgIpc) is 2.76. The van der Waals surface area contributed by atoms with Gasteiger partial charge in [0.15, 0.2) is 12.3 Å². The Balaban J connectivity index is 1.77. The summed E-state index contributed by atoms with van der Waals surface area (Å²) < 4.78 is 42.4. The van der Waals surface area contributed by atoms with E-state index >= 15 is 0 Å². The molecule has 0 unspecified atom stereocenters. The number of ether oxygens (including phenoxy) is 1. The van der Waals surface area contributed by atoms with Crippen LogP contribution in [0.25, 0.3) is 10.8 Å². The number of hydrogen-bond donors (Lipinski definition) is 2. The van der Waals surface area contributed by atoms with E-state index in [1.54, 1.807) is 38.1 Å². The molecule has 33 heavy (non-hydrogen) atoms. The van der Waals surface area contributed by atoms with E-state index < -0.39 is 30.5 Å². The maximum absolute atomic E-state index is 12.7. The molecule has 2 amide bonds. The van der Waals surface area contributed by atoms with E-state index in [0.717, 1.165) is 16.9 Å². The number of nitrogens with one attached hydrogen (secondary N) is 2. The highest BCUT2D eigenvalue weighted by atomic mass is 35.5. The van der Waals surface area contributed by atoms with Gasteiger partial charge in [0.05, 0.1) is 17.0 Å². The van der Waals surface area contributed by atoms with Gasteiger partial charge in [-0.05, 0) is 26.0 Å². The quantitative estimate of drug-likeness (QED) is 0.539. The largest absolute Gasteiger partial charge is 0.467 e. The van der Waals surface area contributed by atoms with Crippen LogP contribution >= 0.6 is 11.6 Å². The van der Waals surface area contributed by atoms with Crippen LogP contribution in [0.2, 0.25) is 5.02 Å². The number of fused-ring (bicyclic) bond motifs is 1. The van der Waals surface area contributed by atoms with Gasteiger partial charge in [-0.15, -0.1) is 0 Å². The molecule has 0 saturated carbocycles. The lowest BCUT2D eigenvalue weighted by Gasteiger charge is -2.14. The number of benzene rings is 1. The fourth-order valence-electron chi connectivity index (χ4n) is 2.78. The Morgan fingerprint density at radius 1 is 1.15 bits per heavy atom. The van der Waals surface area contributed by atoms with E-state index in [1.807, 2.05) is 0 Å². The van der Waals surface area contributed by atoms with Crippen LogP contribution in [0, 0.1) is 0 Å². The molecular weight excluding hydrogens is 467 g/mol. The van der Waals surface area contributed by atoms with Gasteiger partial charge in [-0.3, -0.25) is 25.2 Å². The molecule has 174 valence electrons. The Bertz CT molecular complexity index is 1280. The van der Waals surface area contributed by atoms with Crippen LogP contribution in [-0.2, 0) is 0 Å². The monoisotopic (exact) mass is 483 g/mol. The van der Waals surface area contributed by atoms with Gasteiger partial charge >= 0.3 is 6.18 Å². The lowest BCUT2D eigenvalue weighted by molar-refractivity contribution is -0.154. The molecule has 9 nitrogen and oxygen atoms in total. The molecule has 0 saturated heterocycles. The van der Waals surface area contributed by atoms with Crippen LogP contribution < -0.4 is 21.1 Å². The molecule has 0 fully saturated rings. The number of carbonyl (C=O) groups excluding carboxylic acids is 2. The molecule has 3 rings (SSSR count). The van der Waals surface area contributed by atoms with Crippen molar-refractivity contribution in [1.29, 1.82) is 0 Å². The predicted octanol–water partition coefficient (Wildman–Crippen LogP) is 3.04. The highest BCUT2D eigenvalue weighted by molar-refractivity contribution is 6.32. The molecule has 0 aliphatic carbocycles. The number of carbonyl (C=O) groups is 2. The molecule has 2 aromatic heterocycles. The van der Waals surface area contributed by atoms with E-state index in [0.29, 0.717) is 5.39 Å². The zero-order valence-corrected chi connectivity index (χ0v) is 18.0. The number of rotatable bonds is 5. The molecule has 0 spiro atoms. The first-order valence-corrected chi connectivity index (χ1v) is 9.83. The topological polar surface area (TPSA) is 115 Å². The van der Waals surface area contributed by atoms with Gasteiger partial charge in [-0.2, -0.15) is 18.3 Å². The van der Waals surface area contributed by atoms with Crippen LogP contribution in [0.15, 0.2) is 41.3 Å². The standard InChI is InChI=1S/C20H17ClF3N5O4/c1-10(2)29-19(32)13-6-4-3-5-12(13)15(28-29)17(31)27-26-16(30)11-7-14(21)18(25-8-11)33-9-20(22,23)24/h3-8,10H,9H2,1-2H3,(H,26,30)(H,27,31). The molecule has 3 aromatic rings. The van der Waals surface area contributed by atoms with Crippen LogP contribution in [0.1, 0.15) is 40.7 Å². The lowest BCUT2D eigenvalue weighted by atomic mass is 10.1. The van der Waals surface area contributed by atoms with Gasteiger partial charge in [-0.1, -0.05) is 29.8 Å². The smallest absolute Gasteiger partial charge is 0.422 e. The van der Waals surface area contributed by atoms with Crippen molar-refractivity contribution in [3.8, 4) is 5.88 Å². The third-order valence-corrected chi connectivity index (χ3v) is 4.54. The molecule has 0 bridgehead atoms. The van der Waals surface area contributed by atoms with Gasteiger partial charge < -0.3 is 4.74 Å². The first-order chi connectivity index (χ1) is 15.5. The third-order valence-electron chi connectivity index (χ3n) is 4.26. The Labute approximate surface area is 189 Å². The summed E-state index contributed by atoms with van der Waals surface area (Å²) in [6, 6.07) is 7.10. The lowest BCUT2D eigenvalue weighted by Crippen LogP contribution is -2.43. The van der Waals surface area contributed by atoms with E-state index in [2.05, 4.69) is 25.7 Å². The summed E-state index contributed by atoms with van der Waals surface area (Å²) in [6.07, 6.45) is -3.65. The number of hydrazine groups is 1. The number of nitrogens with zero attached hydrogens (tertiary/aromatic N) is 3. The summed E-state index contributed by atoms with van der Waals surface area (Å²) in [5, 5.41) is 4.37. The molecule has 13 heteroatoms. The average molecular weight is 484 g/mol. The predicted molar refractivity (Wildman–Crippen MR) is 112 cm³/mol. The Kier molecular flexibility index (Phi) is 6.86. The molecule has 0 radical (unpaired) electrons. The fourth-order valence-corrected chi connectivity index (χ4v) is 3.00. The normalized spacial score (nSPS) is 11.5. The minimum atomic E-state index is -4.58. The second-order valence-electron chi connectivity index (χ2n) is 7.06. The molecular formula is C20H17ClF3N5O4. The van der Waals surface area contributed by atoms with Gasteiger partial charge in [0.25, 0.3) is 17.4 Å². The van der Waals surface area contributed by atoms with Crippen molar-refractivity contribution in [2.24, 2.45) is 0 Å². The van der Waals surface area contributed by atoms with Crippen LogP contribution in [0.3, 0.4) is 0 Å². The Hall–Kier alpha value is -3.67. The van der Waals surface area contributed by atoms with Crippen molar-refractivity contribution in [2.75, 3.05) is 6.61 Å². The molecule has 0 aliphatic rings. The first kappa shape index (κ1) is 24.0. The van der Waals surface area contributed by atoms with Crippen LogP contribution in [0.5, 0.6) is 5.88 Å². The van der Waals surface area contributed by atoms with Crippen molar-refractivity contribution >= 4 is 34.2 Å². The van der Waals surface area contributed by atoms with Gasteiger partial charge in [0.2, 0.25) is 5.88 Å². The minimum Gasteiger partial charge on any atom is -0.467 e. The Morgan fingerprint density at radius 3 is 2.39 bits per heavy atom. The molecule has 2 heterocycles. The van der Waals surface area contributed by atoms with E-state index in [-0.39, 0.29) is 33.3 Å². The minimum absolute atomic E-state index is 0.0914. The molecule has 1 aromatic carbocycles. The Morgan fingerprint density at radius 2 is 1.79 bits per heavy atom. The van der Waals surface area contributed by atoms with Crippen molar-refractivity contribution < 1.29 is 27.5 Å². The molecule has 0 aliphatic heterocycles. The summed E-state index contributed by atoms with van der Waals surface area (Å²) in [5.74, 6) is -2.14. The number of amides is 2. The van der Waals surface area contributed by atoms with Gasteiger partial charge in [-0.25, -0.2) is 9.67 Å². The highest BCUT2D eigenvalue weighted by Crippen LogP contribution is 2.25. The van der Waals surface area contributed by atoms with Gasteiger partial charge in [0.1, 0.15) is 5.02 Å². The summed E-state index contributed by atoms with van der Waals surface area (Å²) in [4.78, 5) is 41.2. The number of halogens is 4. The number of hydrogen-bond acceptors (Lipinski definition) is 6. The number of pyridine rings is 1. The maximum atomic E-state index is 12.7. The number of aromatic nitrogens is 3. The maximum Gasteiger partial charge on any atom is 0.422 e. The summed E-state index contributed by atoms with van der Waals surface area (Å²) >= 11 is 5.82. The SMILES string of the molecule is CC(C)n1nc(C(=O)NNC(=O)c2cnc(OCC(F)(F)F)c(Cl)c2)c2ccccc2c1=O. The van der Waals surface area contributed by atoms with E-state index in [1.165, 1.54) is 0 Å². The summed E-state index contributed by atoms with van der Waals surface area (Å²) in [6.45, 7) is 1.86. The zero-order valence-electron chi connectivity index (χ0n) is 17.2. The highest BCUT2D eigenvalue weighted by Gasteiger charge is 2.29. The van der Waals surface area contributed by atoms with Crippen LogP contribution in [-0.4, -0.2) is 39.4 Å². The third kappa shape index (κ3) is 5.58. The second kappa shape index (κ2) is 9.45. The molecule has 2 N–H and O–H groups in total. The van der Waals surface area contributed by atoms with Crippen molar-refractivity contribution in [1.82, 2.24) is 25.6 Å². The second-order valence-corrected chi connectivity index (χ2v) is 7.47. The summed E-state index contributed by atoms with van der Waals surface area (Å²) in [7, 11) is 0. The summed E-state index contributed by atoms with van der Waals surface area (Å²) in [5.41, 5.74) is 3.72. The first-order valence-electron chi connectivity index (χ1n) is 9.45. The van der Waals surface area contributed by atoms with Crippen molar-refractivity contribution in [2.45, 2.75) is 26.1 Å². The van der Waals surface area contributed by atoms with Crippen molar-refractivity contribution in [3.63, 3.8) is 0 Å².